The maximum absolute atomic E-state index is 6.13. The lowest BCUT2D eigenvalue weighted by Crippen LogP contribution is -2.17. The molecule has 1 unspecified atom stereocenters. The van der Waals surface area contributed by atoms with Crippen molar-refractivity contribution in [1.82, 2.24) is 0 Å². The molecule has 1 fully saturated rings. The van der Waals surface area contributed by atoms with E-state index in [1.165, 1.54) is 37.7 Å². The Bertz CT molecular complexity index is 319. The first-order chi connectivity index (χ1) is 8.90. The molecular formula is C16H25NO. The van der Waals surface area contributed by atoms with E-state index in [0.717, 1.165) is 18.9 Å². The van der Waals surface area contributed by atoms with E-state index >= 15 is 0 Å². The molecule has 1 atom stereocenters. The molecule has 1 aromatic rings. The lowest BCUT2D eigenvalue weighted by Gasteiger charge is -2.25. The average Bonchev–Trinajstić information content (AvgIpc) is 2.45. The molecule has 18 heavy (non-hydrogen) atoms. The van der Waals surface area contributed by atoms with Gasteiger partial charge in [-0.1, -0.05) is 49.6 Å². The highest BCUT2D eigenvalue weighted by Crippen LogP contribution is 2.27. The number of benzene rings is 1. The quantitative estimate of drug-likeness (QED) is 0.832. The fraction of sp³-hybridized carbons (Fsp3) is 0.625. The average molecular weight is 247 g/mol. The smallest absolute Gasteiger partial charge is 0.0837 e. The summed E-state index contributed by atoms with van der Waals surface area (Å²) in [6.07, 6.45) is 7.92. The van der Waals surface area contributed by atoms with Gasteiger partial charge < -0.3 is 10.5 Å². The summed E-state index contributed by atoms with van der Waals surface area (Å²) in [6.45, 7) is 1.59. The molecule has 0 radical (unpaired) electrons. The normalized spacial score (nSPS) is 18.7. The summed E-state index contributed by atoms with van der Waals surface area (Å²) in [4.78, 5) is 0. The molecule has 1 aliphatic rings. The van der Waals surface area contributed by atoms with Crippen LogP contribution in [0.5, 0.6) is 0 Å². The molecule has 0 saturated heterocycles. The molecule has 0 amide bonds. The number of rotatable bonds is 6. The Morgan fingerprint density at radius 1 is 1.11 bits per heavy atom. The van der Waals surface area contributed by atoms with Crippen LogP contribution in [0.4, 0.5) is 0 Å². The first-order valence-electron chi connectivity index (χ1n) is 7.26. The molecule has 2 nitrogen and oxygen atoms in total. The Morgan fingerprint density at radius 2 is 1.83 bits per heavy atom. The Morgan fingerprint density at radius 3 is 2.50 bits per heavy atom. The molecule has 1 saturated carbocycles. The third-order valence-electron chi connectivity index (χ3n) is 3.86. The van der Waals surface area contributed by atoms with Crippen LogP contribution in [-0.4, -0.2) is 13.2 Å². The third kappa shape index (κ3) is 4.11. The summed E-state index contributed by atoms with van der Waals surface area (Å²) < 4.78 is 6.13. The summed E-state index contributed by atoms with van der Waals surface area (Å²) in [7, 11) is 0. The van der Waals surface area contributed by atoms with Crippen molar-refractivity contribution in [2.24, 2.45) is 11.7 Å². The van der Waals surface area contributed by atoms with Gasteiger partial charge in [-0.2, -0.15) is 0 Å². The SMILES string of the molecule is NCCC(OCC1CCCCC1)c1ccccc1. The van der Waals surface area contributed by atoms with Gasteiger partial charge in [-0.15, -0.1) is 0 Å². The van der Waals surface area contributed by atoms with Gasteiger partial charge in [0, 0.05) is 0 Å². The van der Waals surface area contributed by atoms with E-state index in [9.17, 15) is 0 Å². The third-order valence-corrected chi connectivity index (χ3v) is 3.86. The summed E-state index contributed by atoms with van der Waals surface area (Å²) in [5.74, 6) is 0.766. The number of ether oxygens (including phenoxy) is 1. The van der Waals surface area contributed by atoms with E-state index in [1.54, 1.807) is 0 Å². The minimum absolute atomic E-state index is 0.179. The van der Waals surface area contributed by atoms with Crippen LogP contribution in [-0.2, 0) is 4.74 Å². The predicted octanol–water partition coefficient (Wildman–Crippen LogP) is 3.67. The van der Waals surface area contributed by atoms with Crippen molar-refractivity contribution in [3.05, 3.63) is 35.9 Å². The van der Waals surface area contributed by atoms with Crippen molar-refractivity contribution >= 4 is 0 Å². The van der Waals surface area contributed by atoms with Crippen molar-refractivity contribution in [2.45, 2.75) is 44.6 Å². The second-order valence-electron chi connectivity index (χ2n) is 5.31. The first kappa shape index (κ1) is 13.6. The molecule has 100 valence electrons. The molecule has 1 aliphatic carbocycles. The predicted molar refractivity (Wildman–Crippen MR) is 75.4 cm³/mol. The van der Waals surface area contributed by atoms with Gasteiger partial charge >= 0.3 is 0 Å². The molecule has 0 spiro atoms. The van der Waals surface area contributed by atoms with Crippen LogP contribution in [0, 0.1) is 5.92 Å². The Hall–Kier alpha value is -0.860. The maximum atomic E-state index is 6.13. The van der Waals surface area contributed by atoms with Gasteiger partial charge in [0.15, 0.2) is 0 Å². The lowest BCUT2D eigenvalue weighted by atomic mass is 9.90. The molecule has 2 N–H and O–H groups in total. The molecule has 0 bridgehead atoms. The van der Waals surface area contributed by atoms with Crippen molar-refractivity contribution in [3.63, 3.8) is 0 Å². The highest BCUT2D eigenvalue weighted by molar-refractivity contribution is 5.17. The minimum Gasteiger partial charge on any atom is -0.373 e. The monoisotopic (exact) mass is 247 g/mol. The lowest BCUT2D eigenvalue weighted by molar-refractivity contribution is 0.0162. The first-order valence-corrected chi connectivity index (χ1v) is 7.26. The molecule has 0 heterocycles. The zero-order valence-electron chi connectivity index (χ0n) is 11.2. The molecule has 0 aromatic heterocycles. The molecule has 2 heteroatoms. The zero-order chi connectivity index (χ0) is 12.6. The van der Waals surface area contributed by atoms with Gasteiger partial charge in [-0.25, -0.2) is 0 Å². The largest absolute Gasteiger partial charge is 0.373 e. The van der Waals surface area contributed by atoms with Crippen LogP contribution in [0.15, 0.2) is 30.3 Å². The van der Waals surface area contributed by atoms with Gasteiger partial charge in [0.05, 0.1) is 12.7 Å². The molecule has 2 rings (SSSR count). The van der Waals surface area contributed by atoms with Gasteiger partial charge in [0.2, 0.25) is 0 Å². The van der Waals surface area contributed by atoms with Gasteiger partial charge in [0.25, 0.3) is 0 Å². The standard InChI is InChI=1S/C16H25NO/c17-12-11-16(15-9-5-2-6-10-15)18-13-14-7-3-1-4-8-14/h2,5-6,9-10,14,16H,1,3-4,7-8,11-13,17H2. The number of nitrogens with two attached hydrogens (primary N) is 1. The van der Waals surface area contributed by atoms with Gasteiger partial charge in [-0.05, 0) is 37.3 Å². The van der Waals surface area contributed by atoms with Gasteiger partial charge in [-0.3, -0.25) is 0 Å². The summed E-state index contributed by atoms with van der Waals surface area (Å²) in [5, 5.41) is 0. The fourth-order valence-electron chi connectivity index (χ4n) is 2.77. The van der Waals surface area contributed by atoms with Crippen LogP contribution in [0.2, 0.25) is 0 Å². The van der Waals surface area contributed by atoms with Crippen LogP contribution in [0.1, 0.15) is 50.2 Å². The van der Waals surface area contributed by atoms with Crippen molar-refractivity contribution in [1.29, 1.82) is 0 Å². The topological polar surface area (TPSA) is 35.2 Å². The van der Waals surface area contributed by atoms with E-state index in [4.69, 9.17) is 10.5 Å². The summed E-state index contributed by atoms with van der Waals surface area (Å²) in [5.41, 5.74) is 6.96. The Kier molecular flexibility index (Phi) is 5.69. The van der Waals surface area contributed by atoms with Crippen molar-refractivity contribution in [3.8, 4) is 0 Å². The number of hydrogen-bond donors (Lipinski definition) is 1. The van der Waals surface area contributed by atoms with E-state index < -0.39 is 0 Å². The van der Waals surface area contributed by atoms with E-state index in [2.05, 4.69) is 24.3 Å². The van der Waals surface area contributed by atoms with Crippen LogP contribution < -0.4 is 5.73 Å². The molecule has 1 aromatic carbocycles. The van der Waals surface area contributed by atoms with Crippen LogP contribution in [0.3, 0.4) is 0 Å². The van der Waals surface area contributed by atoms with E-state index in [1.807, 2.05) is 6.07 Å². The molecular weight excluding hydrogens is 222 g/mol. The summed E-state index contributed by atoms with van der Waals surface area (Å²) in [6, 6.07) is 10.5. The zero-order valence-corrected chi connectivity index (χ0v) is 11.2. The van der Waals surface area contributed by atoms with E-state index in [0.29, 0.717) is 6.54 Å². The molecule has 0 aliphatic heterocycles. The van der Waals surface area contributed by atoms with Crippen LogP contribution >= 0.6 is 0 Å². The van der Waals surface area contributed by atoms with Crippen molar-refractivity contribution in [2.75, 3.05) is 13.2 Å². The fourth-order valence-corrected chi connectivity index (χ4v) is 2.77. The Balaban J connectivity index is 1.86. The highest BCUT2D eigenvalue weighted by Gasteiger charge is 2.17. The second kappa shape index (κ2) is 7.55. The number of hydrogen-bond acceptors (Lipinski definition) is 2. The minimum atomic E-state index is 0.179. The Labute approximate surface area is 111 Å². The van der Waals surface area contributed by atoms with Crippen molar-refractivity contribution < 1.29 is 4.74 Å². The van der Waals surface area contributed by atoms with Crippen LogP contribution in [0.25, 0.3) is 0 Å². The maximum Gasteiger partial charge on any atom is 0.0837 e. The second-order valence-corrected chi connectivity index (χ2v) is 5.31. The summed E-state index contributed by atoms with van der Waals surface area (Å²) >= 11 is 0. The highest BCUT2D eigenvalue weighted by atomic mass is 16.5. The van der Waals surface area contributed by atoms with Gasteiger partial charge in [0.1, 0.15) is 0 Å². The van der Waals surface area contributed by atoms with E-state index in [-0.39, 0.29) is 6.10 Å².